The van der Waals surface area contributed by atoms with E-state index in [1.807, 2.05) is 0 Å². The van der Waals surface area contributed by atoms with E-state index in [0.717, 1.165) is 0 Å². The van der Waals surface area contributed by atoms with Gasteiger partial charge >= 0.3 is 0 Å². The van der Waals surface area contributed by atoms with Crippen molar-refractivity contribution in [2.75, 3.05) is 6.61 Å². The molecule has 0 amide bonds. The molecule has 0 spiro atoms. The Balaban J connectivity index is 2.53. The Morgan fingerprint density at radius 2 is 2.42 bits per heavy atom. The first kappa shape index (κ1) is 7.73. The Morgan fingerprint density at radius 1 is 1.58 bits per heavy atom. The Hall–Kier alpha value is -0.900. The van der Waals surface area contributed by atoms with E-state index in [2.05, 4.69) is 20.9 Å². The number of halogens is 1. The third kappa shape index (κ3) is 1.22. The molecule has 4 heteroatoms. The second-order valence-corrected chi connectivity index (χ2v) is 3.34. The number of carbonyl (C=O) groups excluding carboxylic acids is 1. The first-order chi connectivity index (χ1) is 5.77. The Morgan fingerprint density at radius 3 is 3.25 bits per heavy atom. The normalized spacial score (nSPS) is 15.2. The van der Waals surface area contributed by atoms with Crippen molar-refractivity contribution in [1.82, 2.24) is 4.98 Å². The maximum absolute atomic E-state index is 11.3. The summed E-state index contributed by atoms with van der Waals surface area (Å²) in [6, 6.07) is 1.71. The van der Waals surface area contributed by atoms with Crippen LogP contribution in [0, 0.1) is 0 Å². The highest BCUT2D eigenvalue weighted by Crippen LogP contribution is 2.25. The summed E-state index contributed by atoms with van der Waals surface area (Å²) in [5.74, 6) is 0.740. The van der Waals surface area contributed by atoms with Crippen molar-refractivity contribution in [2.24, 2.45) is 0 Å². The van der Waals surface area contributed by atoms with Gasteiger partial charge in [-0.2, -0.15) is 0 Å². The summed E-state index contributed by atoms with van der Waals surface area (Å²) in [4.78, 5) is 15.2. The lowest BCUT2D eigenvalue weighted by molar-refractivity contribution is 0.0933. The van der Waals surface area contributed by atoms with Crippen LogP contribution in [0.25, 0.3) is 0 Å². The lowest BCUT2D eigenvalue weighted by Gasteiger charge is -2.15. The minimum atomic E-state index is 0.108. The summed E-state index contributed by atoms with van der Waals surface area (Å²) in [5, 5.41) is 0. The van der Waals surface area contributed by atoms with Crippen molar-refractivity contribution in [3.05, 3.63) is 22.4 Å². The molecular weight excluding hydrogens is 222 g/mol. The molecule has 62 valence electrons. The largest absolute Gasteiger partial charge is 0.492 e. The lowest BCUT2D eigenvalue weighted by Crippen LogP contribution is -2.15. The Labute approximate surface area is 77.9 Å². The van der Waals surface area contributed by atoms with Gasteiger partial charge in [-0.15, -0.1) is 0 Å². The zero-order valence-corrected chi connectivity index (χ0v) is 7.80. The number of hydrogen-bond acceptors (Lipinski definition) is 3. The van der Waals surface area contributed by atoms with Crippen molar-refractivity contribution in [1.29, 1.82) is 0 Å². The molecule has 0 radical (unpaired) electrons. The van der Waals surface area contributed by atoms with Crippen LogP contribution in [0.2, 0.25) is 0 Å². The number of Topliss-reactive ketones (excluding diaryl/α,β-unsaturated/α-hetero) is 1. The van der Waals surface area contributed by atoms with Crippen molar-refractivity contribution >= 4 is 21.7 Å². The maximum Gasteiger partial charge on any atom is 0.171 e. The molecule has 0 saturated heterocycles. The van der Waals surface area contributed by atoms with Crippen LogP contribution in [-0.2, 0) is 0 Å². The van der Waals surface area contributed by atoms with Crippen LogP contribution in [0.1, 0.15) is 16.8 Å². The molecule has 0 fully saturated rings. The summed E-state index contributed by atoms with van der Waals surface area (Å²) in [6.45, 7) is 0.474. The summed E-state index contributed by atoms with van der Waals surface area (Å²) >= 11 is 3.21. The molecule has 1 aliphatic rings. The monoisotopic (exact) mass is 227 g/mol. The molecule has 0 saturated carbocycles. The number of pyridine rings is 1. The molecule has 0 atom stereocenters. The van der Waals surface area contributed by atoms with E-state index in [9.17, 15) is 4.79 Å². The average Bonchev–Trinajstić information content (AvgIpc) is 2.04. The van der Waals surface area contributed by atoms with Gasteiger partial charge in [0.1, 0.15) is 10.4 Å². The highest BCUT2D eigenvalue weighted by molar-refractivity contribution is 9.10. The summed E-state index contributed by atoms with van der Waals surface area (Å²) < 4.78 is 5.97. The second kappa shape index (κ2) is 2.86. The SMILES string of the molecule is O=C1CCOc2cc(Br)ncc21. The first-order valence-corrected chi connectivity index (χ1v) is 4.38. The molecule has 1 aromatic rings. The molecule has 0 bridgehead atoms. The van der Waals surface area contributed by atoms with Crippen LogP contribution >= 0.6 is 15.9 Å². The van der Waals surface area contributed by atoms with Crippen LogP contribution in [-0.4, -0.2) is 17.4 Å². The van der Waals surface area contributed by atoms with Gasteiger partial charge < -0.3 is 4.74 Å². The van der Waals surface area contributed by atoms with Gasteiger partial charge in [0.25, 0.3) is 0 Å². The van der Waals surface area contributed by atoms with E-state index in [0.29, 0.717) is 28.9 Å². The Bertz CT molecular complexity index is 338. The van der Waals surface area contributed by atoms with Crippen LogP contribution in [0.3, 0.4) is 0 Å². The second-order valence-electron chi connectivity index (χ2n) is 2.52. The number of carbonyl (C=O) groups is 1. The maximum atomic E-state index is 11.3. The third-order valence-electron chi connectivity index (χ3n) is 1.72. The smallest absolute Gasteiger partial charge is 0.171 e. The quantitative estimate of drug-likeness (QED) is 0.635. The van der Waals surface area contributed by atoms with E-state index >= 15 is 0 Å². The molecule has 0 unspecified atom stereocenters. The van der Waals surface area contributed by atoms with E-state index in [-0.39, 0.29) is 5.78 Å². The fourth-order valence-electron chi connectivity index (χ4n) is 1.13. The van der Waals surface area contributed by atoms with Crippen LogP contribution in [0.15, 0.2) is 16.9 Å². The summed E-state index contributed by atoms with van der Waals surface area (Å²) in [5.41, 5.74) is 0.587. The molecule has 0 aliphatic carbocycles. The van der Waals surface area contributed by atoms with Crippen LogP contribution in [0.5, 0.6) is 5.75 Å². The first-order valence-electron chi connectivity index (χ1n) is 3.59. The molecular formula is C8H6BrNO2. The van der Waals surface area contributed by atoms with Gasteiger partial charge in [-0.05, 0) is 15.9 Å². The number of fused-ring (bicyclic) bond motifs is 1. The van der Waals surface area contributed by atoms with Gasteiger partial charge in [0, 0.05) is 18.7 Å². The third-order valence-corrected chi connectivity index (χ3v) is 2.15. The zero-order chi connectivity index (χ0) is 8.55. The molecule has 0 N–H and O–H groups in total. The summed E-state index contributed by atoms with van der Waals surface area (Å²) in [6.07, 6.45) is 2.00. The number of aromatic nitrogens is 1. The Kier molecular flexibility index (Phi) is 1.84. The van der Waals surface area contributed by atoms with Crippen LogP contribution in [0.4, 0.5) is 0 Å². The standard InChI is InChI=1S/C8H6BrNO2/c9-8-3-7-5(4-10-8)6(11)1-2-12-7/h3-4H,1-2H2. The molecule has 12 heavy (non-hydrogen) atoms. The highest BCUT2D eigenvalue weighted by Gasteiger charge is 2.18. The minimum Gasteiger partial charge on any atom is -0.492 e. The van der Waals surface area contributed by atoms with E-state index in [4.69, 9.17) is 4.74 Å². The molecule has 0 aromatic carbocycles. The fourth-order valence-corrected chi connectivity index (χ4v) is 1.44. The van der Waals surface area contributed by atoms with Gasteiger partial charge in [-0.25, -0.2) is 4.98 Å². The average molecular weight is 228 g/mol. The van der Waals surface area contributed by atoms with Crippen LogP contribution < -0.4 is 4.74 Å². The van der Waals surface area contributed by atoms with Gasteiger partial charge in [0.2, 0.25) is 0 Å². The van der Waals surface area contributed by atoms with Gasteiger partial charge in [0.05, 0.1) is 12.2 Å². The minimum absolute atomic E-state index is 0.108. The zero-order valence-electron chi connectivity index (χ0n) is 6.21. The van der Waals surface area contributed by atoms with E-state index < -0.39 is 0 Å². The van der Waals surface area contributed by atoms with Crippen molar-refractivity contribution in [3.63, 3.8) is 0 Å². The number of hydrogen-bond donors (Lipinski definition) is 0. The molecule has 2 heterocycles. The topological polar surface area (TPSA) is 39.2 Å². The number of rotatable bonds is 0. The number of nitrogens with zero attached hydrogens (tertiary/aromatic N) is 1. The molecule has 3 nitrogen and oxygen atoms in total. The molecule has 1 aliphatic heterocycles. The van der Waals surface area contributed by atoms with E-state index in [1.165, 1.54) is 0 Å². The van der Waals surface area contributed by atoms with Crippen molar-refractivity contribution in [2.45, 2.75) is 6.42 Å². The lowest BCUT2D eigenvalue weighted by atomic mass is 10.1. The number of ketones is 1. The highest BCUT2D eigenvalue weighted by atomic mass is 79.9. The predicted octanol–water partition coefficient (Wildman–Crippen LogP) is 1.81. The van der Waals surface area contributed by atoms with E-state index in [1.54, 1.807) is 12.3 Å². The van der Waals surface area contributed by atoms with Gasteiger partial charge in [0.15, 0.2) is 5.78 Å². The fraction of sp³-hybridized carbons (Fsp3) is 0.250. The van der Waals surface area contributed by atoms with Crippen molar-refractivity contribution < 1.29 is 9.53 Å². The van der Waals surface area contributed by atoms with Gasteiger partial charge in [-0.3, -0.25) is 4.79 Å². The molecule has 1 aromatic heterocycles. The predicted molar refractivity (Wildman–Crippen MR) is 46.4 cm³/mol. The number of ether oxygens (including phenoxy) is 1. The summed E-state index contributed by atoms with van der Waals surface area (Å²) in [7, 11) is 0. The molecule has 2 rings (SSSR count). The van der Waals surface area contributed by atoms with Crippen molar-refractivity contribution in [3.8, 4) is 5.75 Å². The van der Waals surface area contributed by atoms with Gasteiger partial charge in [-0.1, -0.05) is 0 Å².